The molecule has 0 aromatic heterocycles. The Hall–Kier alpha value is -1.02. The van der Waals surface area contributed by atoms with Gasteiger partial charge in [0.25, 0.3) is 0 Å². The zero-order valence-electron chi connectivity index (χ0n) is 25.6. The van der Waals surface area contributed by atoms with E-state index in [0.717, 1.165) is 48.7 Å². The highest BCUT2D eigenvalue weighted by molar-refractivity contribution is 5.53. The van der Waals surface area contributed by atoms with Crippen LogP contribution in [0.5, 0.6) is 5.75 Å². The van der Waals surface area contributed by atoms with Crippen LogP contribution in [0, 0.1) is 40.9 Å². The van der Waals surface area contributed by atoms with Crippen LogP contribution in [0.2, 0.25) is 0 Å². The van der Waals surface area contributed by atoms with Crippen LogP contribution < -0.4 is 4.74 Å². The van der Waals surface area contributed by atoms with Crippen molar-refractivity contribution in [3.63, 3.8) is 0 Å². The number of hydrogen-bond donors (Lipinski definition) is 0. The van der Waals surface area contributed by atoms with Gasteiger partial charge in [-0.2, -0.15) is 0 Å². The molecule has 8 saturated carbocycles. The summed E-state index contributed by atoms with van der Waals surface area (Å²) in [5.74, 6) is 7.00. The predicted octanol–water partition coefficient (Wildman–Crippen LogP) is 9.11. The normalized spacial score (nSPS) is 43.8. The third-order valence-electron chi connectivity index (χ3n) is 12.9. The average molecular weight is 531 g/mol. The average Bonchev–Trinajstić information content (AvgIpc) is 3.63. The zero-order chi connectivity index (χ0) is 26.8. The van der Waals surface area contributed by atoms with Gasteiger partial charge in [0.2, 0.25) is 0 Å². The summed E-state index contributed by atoms with van der Waals surface area (Å²) in [5.41, 5.74) is 6.24. The standard InChI is InChI=1S/C37H54O2/c1-34(2,3)22-35(4,5)30-12-32(37-17-26-9-27(18-37)11-28(10-26)19-37)33(39-21-29-20-38-29)13-31(30)36-14-23-6-24(15-36)8-25(7-23)16-36/h12-13,23-29H,6-11,14-22H2,1-5H3. The molecule has 0 radical (unpaired) electrons. The van der Waals surface area contributed by atoms with Crippen molar-refractivity contribution in [2.24, 2.45) is 40.9 Å². The fraction of sp³-hybridized carbons (Fsp3) is 0.838. The Labute approximate surface area is 238 Å². The van der Waals surface area contributed by atoms with Crippen molar-refractivity contribution in [1.82, 2.24) is 0 Å². The fourth-order valence-electron chi connectivity index (χ4n) is 12.8. The first kappa shape index (κ1) is 25.7. The monoisotopic (exact) mass is 530 g/mol. The second kappa shape index (κ2) is 8.52. The van der Waals surface area contributed by atoms with E-state index in [4.69, 9.17) is 9.47 Å². The molecule has 39 heavy (non-hydrogen) atoms. The van der Waals surface area contributed by atoms with Gasteiger partial charge < -0.3 is 9.47 Å². The Bertz CT molecular complexity index is 1060. The molecule has 1 saturated heterocycles. The van der Waals surface area contributed by atoms with E-state index in [1.165, 1.54) is 89.2 Å². The lowest BCUT2D eigenvalue weighted by molar-refractivity contribution is -0.00871. The summed E-state index contributed by atoms with van der Waals surface area (Å²) in [7, 11) is 0. The maximum atomic E-state index is 6.90. The molecule has 1 heterocycles. The van der Waals surface area contributed by atoms with E-state index in [1.54, 1.807) is 16.7 Å². The Morgan fingerprint density at radius 3 is 1.54 bits per heavy atom. The van der Waals surface area contributed by atoms with E-state index in [2.05, 4.69) is 46.8 Å². The van der Waals surface area contributed by atoms with Gasteiger partial charge in [0.15, 0.2) is 0 Å². The first-order valence-electron chi connectivity index (χ1n) is 16.9. The van der Waals surface area contributed by atoms with Crippen LogP contribution in [0.25, 0.3) is 0 Å². The highest BCUT2D eigenvalue weighted by Crippen LogP contribution is 2.65. The molecule has 0 spiro atoms. The third-order valence-corrected chi connectivity index (χ3v) is 12.9. The van der Waals surface area contributed by atoms with Crippen LogP contribution in [-0.2, 0) is 21.0 Å². The lowest BCUT2D eigenvalue weighted by Gasteiger charge is -2.59. The summed E-state index contributed by atoms with van der Waals surface area (Å²) >= 11 is 0. The van der Waals surface area contributed by atoms with Gasteiger partial charge in [-0.1, -0.05) is 40.7 Å². The largest absolute Gasteiger partial charge is 0.490 e. The smallest absolute Gasteiger partial charge is 0.123 e. The van der Waals surface area contributed by atoms with Gasteiger partial charge in [-0.25, -0.2) is 0 Å². The molecule has 0 N–H and O–H groups in total. The van der Waals surface area contributed by atoms with Crippen LogP contribution in [0.1, 0.15) is 135 Å². The lowest BCUT2D eigenvalue weighted by atomic mass is 9.46. The van der Waals surface area contributed by atoms with E-state index in [0.29, 0.717) is 22.3 Å². The minimum atomic E-state index is 0.159. The maximum absolute atomic E-state index is 6.90. The number of rotatable bonds is 7. The molecule has 214 valence electrons. The first-order chi connectivity index (χ1) is 18.5. The SMILES string of the molecule is CC(C)(C)CC(C)(C)c1cc(C23CC4CC(CC(C4)C2)C3)c(OCC2CO2)cc1C12CC3CC(CC(C3)C1)C2. The quantitative estimate of drug-likeness (QED) is 0.328. The van der Waals surface area contributed by atoms with Crippen molar-refractivity contribution in [2.75, 3.05) is 13.2 Å². The Morgan fingerprint density at radius 2 is 1.13 bits per heavy atom. The van der Waals surface area contributed by atoms with E-state index in [-0.39, 0.29) is 5.41 Å². The molecule has 1 aromatic carbocycles. The summed E-state index contributed by atoms with van der Waals surface area (Å²) in [6.07, 6.45) is 19.1. The molecular formula is C37H54O2. The van der Waals surface area contributed by atoms with Crippen LogP contribution in [0.4, 0.5) is 0 Å². The van der Waals surface area contributed by atoms with Gasteiger partial charge in [-0.3, -0.25) is 0 Å². The van der Waals surface area contributed by atoms with E-state index in [9.17, 15) is 0 Å². The summed E-state index contributed by atoms with van der Waals surface area (Å²) in [5, 5.41) is 0. The van der Waals surface area contributed by atoms with Crippen molar-refractivity contribution >= 4 is 0 Å². The van der Waals surface area contributed by atoms with E-state index in [1.807, 2.05) is 0 Å². The Balaban J connectivity index is 1.30. The lowest BCUT2D eigenvalue weighted by Crippen LogP contribution is -2.50. The maximum Gasteiger partial charge on any atom is 0.123 e. The molecule has 0 amide bonds. The molecule has 1 aliphatic heterocycles. The van der Waals surface area contributed by atoms with Crippen LogP contribution in [0.3, 0.4) is 0 Å². The van der Waals surface area contributed by atoms with Gasteiger partial charge in [0, 0.05) is 5.56 Å². The molecular weight excluding hydrogens is 476 g/mol. The van der Waals surface area contributed by atoms with Gasteiger partial charge in [-0.15, -0.1) is 0 Å². The summed E-state index contributed by atoms with van der Waals surface area (Å²) < 4.78 is 12.6. The number of benzene rings is 1. The van der Waals surface area contributed by atoms with Crippen LogP contribution in [0.15, 0.2) is 12.1 Å². The third kappa shape index (κ3) is 4.44. The zero-order valence-corrected chi connectivity index (χ0v) is 25.6. The predicted molar refractivity (Wildman–Crippen MR) is 158 cm³/mol. The fourth-order valence-corrected chi connectivity index (χ4v) is 12.8. The van der Waals surface area contributed by atoms with Gasteiger partial charge >= 0.3 is 0 Å². The van der Waals surface area contributed by atoms with Crippen molar-refractivity contribution in [2.45, 2.75) is 140 Å². The molecule has 8 aliphatic carbocycles. The van der Waals surface area contributed by atoms with Crippen LogP contribution >= 0.6 is 0 Å². The second-order valence-electron chi connectivity index (χ2n) is 18.2. The molecule has 2 heteroatoms. The molecule has 9 aliphatic rings. The van der Waals surface area contributed by atoms with Crippen molar-refractivity contribution in [3.8, 4) is 5.75 Å². The number of ether oxygens (including phenoxy) is 2. The summed E-state index contributed by atoms with van der Waals surface area (Å²) in [6, 6.07) is 5.49. The molecule has 9 fully saturated rings. The van der Waals surface area contributed by atoms with Gasteiger partial charge in [0.05, 0.1) is 6.61 Å². The first-order valence-corrected chi connectivity index (χ1v) is 16.9. The summed E-state index contributed by atoms with van der Waals surface area (Å²) in [6.45, 7) is 14.1. The van der Waals surface area contributed by atoms with Crippen molar-refractivity contribution < 1.29 is 9.47 Å². The minimum Gasteiger partial charge on any atom is -0.490 e. The molecule has 1 unspecified atom stereocenters. The van der Waals surface area contributed by atoms with E-state index < -0.39 is 0 Å². The van der Waals surface area contributed by atoms with E-state index >= 15 is 0 Å². The molecule has 10 rings (SSSR count). The van der Waals surface area contributed by atoms with Crippen molar-refractivity contribution in [3.05, 3.63) is 28.8 Å². The second-order valence-corrected chi connectivity index (χ2v) is 18.2. The Kier molecular flexibility index (Phi) is 5.61. The summed E-state index contributed by atoms with van der Waals surface area (Å²) in [4.78, 5) is 0. The Morgan fingerprint density at radius 1 is 0.692 bits per heavy atom. The highest BCUT2D eigenvalue weighted by atomic mass is 16.6. The molecule has 2 nitrogen and oxygen atoms in total. The number of hydrogen-bond acceptors (Lipinski definition) is 2. The van der Waals surface area contributed by atoms with Crippen LogP contribution in [-0.4, -0.2) is 19.3 Å². The molecule has 8 bridgehead atoms. The minimum absolute atomic E-state index is 0.159. The van der Waals surface area contributed by atoms with Gasteiger partial charge in [-0.05, 0) is 158 Å². The molecule has 1 aromatic rings. The topological polar surface area (TPSA) is 21.8 Å². The molecule has 1 atom stereocenters. The van der Waals surface area contributed by atoms with Gasteiger partial charge in [0.1, 0.15) is 18.5 Å². The number of epoxide rings is 1. The highest BCUT2D eigenvalue weighted by Gasteiger charge is 2.56. The van der Waals surface area contributed by atoms with Crippen molar-refractivity contribution in [1.29, 1.82) is 0 Å².